The molecule has 268 valence electrons. The van der Waals surface area contributed by atoms with Crippen LogP contribution in [0.15, 0.2) is 18.2 Å². The van der Waals surface area contributed by atoms with Crippen molar-refractivity contribution in [2.45, 2.75) is 88.8 Å². The van der Waals surface area contributed by atoms with E-state index >= 15 is 0 Å². The Bertz CT molecular complexity index is 1200. The van der Waals surface area contributed by atoms with Gasteiger partial charge in [-0.05, 0) is 33.6 Å². The van der Waals surface area contributed by atoms with Crippen LogP contribution in [0.2, 0.25) is 0 Å². The van der Waals surface area contributed by atoms with Crippen molar-refractivity contribution in [2.24, 2.45) is 11.8 Å². The number of aryl methyl sites for hydroxylation is 1. The summed E-state index contributed by atoms with van der Waals surface area (Å²) >= 11 is 58.0. The quantitative estimate of drug-likeness (QED) is 0.0832. The molecule has 2 heterocycles. The van der Waals surface area contributed by atoms with Crippen LogP contribution in [-0.2, 0) is 30.4 Å². The van der Waals surface area contributed by atoms with Crippen LogP contribution in [0.3, 0.4) is 0 Å². The molecule has 2 amide bonds. The van der Waals surface area contributed by atoms with Crippen LogP contribution in [0.4, 0.5) is 0 Å². The molecule has 1 aromatic rings. The average molecular weight is 896 g/mol. The van der Waals surface area contributed by atoms with Crippen molar-refractivity contribution >= 4 is 147 Å². The number of rotatable bonds is 8. The van der Waals surface area contributed by atoms with Gasteiger partial charge in [0.25, 0.3) is 3.12 Å². The van der Waals surface area contributed by atoms with E-state index in [0.29, 0.717) is 43.9 Å². The second kappa shape index (κ2) is 19.9. The van der Waals surface area contributed by atoms with Gasteiger partial charge < -0.3 is 4.52 Å². The maximum Gasteiger partial charge on any atom is 0.381 e. The molecule has 4 rings (SSSR count). The van der Waals surface area contributed by atoms with Gasteiger partial charge >= 0.3 is 6.72 Å². The third-order valence-corrected chi connectivity index (χ3v) is 14.4. The number of allylic oxidation sites excluding steroid dienone is 2. The number of alkyl halides is 9. The molecule has 1 saturated carbocycles. The van der Waals surface area contributed by atoms with Gasteiger partial charge in [-0.25, -0.2) is 9.29 Å². The molecule has 0 aromatic carbocycles. The Morgan fingerprint density at radius 3 is 1.62 bits per heavy atom. The first-order valence-corrected chi connectivity index (χ1v) is 21.4. The molecular weight excluding hydrogens is 860 g/mol. The van der Waals surface area contributed by atoms with Crippen LogP contribution in [0.1, 0.15) is 58.0 Å². The van der Waals surface area contributed by atoms with E-state index in [4.69, 9.17) is 130 Å². The Balaban J connectivity index is 0.000000251. The maximum absolute atomic E-state index is 11.9. The highest BCUT2D eigenvalue weighted by Gasteiger charge is 2.50. The molecule has 1 aromatic heterocycles. The van der Waals surface area contributed by atoms with E-state index in [2.05, 4.69) is 9.97 Å². The van der Waals surface area contributed by atoms with E-state index < -0.39 is 42.1 Å². The number of nitrogens with zero attached hydrogens (tertiary/aromatic N) is 3. The molecule has 0 N–H and O–H groups in total. The molecule has 0 radical (unpaired) electrons. The van der Waals surface area contributed by atoms with E-state index in [9.17, 15) is 9.59 Å². The number of amides is 2. The maximum atomic E-state index is 11.9. The van der Waals surface area contributed by atoms with Gasteiger partial charge in [0.1, 0.15) is 5.82 Å². The van der Waals surface area contributed by atoms with Gasteiger partial charge in [0.2, 0.25) is 17.7 Å². The molecule has 2 atom stereocenters. The van der Waals surface area contributed by atoms with Crippen LogP contribution in [0.25, 0.3) is 0 Å². The number of halogens is 9. The Labute approximate surface area is 330 Å². The molecule has 8 nitrogen and oxygen atoms in total. The number of carbonyl (C=O) groups excluding carboxylic acids is 2. The SMILES string of the molecule is CCOP(=S)(OCC)Oc1cc(C)nc(C(C)C)n1.ClC1C(Cl)C(Cl)C(Cl)C(Cl)C1Cl.O=C1C2CC=CCC2C(=O)N1SC(Cl)(Cl)Cl. The molecule has 1 saturated heterocycles. The van der Waals surface area contributed by atoms with E-state index in [-0.39, 0.29) is 29.6 Å². The number of imide groups is 1. The third-order valence-electron chi connectivity index (χ3n) is 6.63. The van der Waals surface area contributed by atoms with Gasteiger partial charge in [0.15, 0.2) is 0 Å². The second-order valence-corrected chi connectivity index (χ2v) is 20.6. The van der Waals surface area contributed by atoms with Crippen LogP contribution >= 0.6 is 123 Å². The first-order valence-electron chi connectivity index (χ1n) is 14.3. The van der Waals surface area contributed by atoms with Gasteiger partial charge in [-0.3, -0.25) is 18.6 Å². The lowest BCUT2D eigenvalue weighted by atomic mass is 9.85. The molecule has 2 unspecified atom stereocenters. The zero-order chi connectivity index (χ0) is 35.9. The Hall–Kier alpha value is 1.29. The lowest BCUT2D eigenvalue weighted by Crippen LogP contribution is -2.52. The molecule has 0 bridgehead atoms. The molecule has 47 heavy (non-hydrogen) atoms. The molecule has 0 spiro atoms. The van der Waals surface area contributed by atoms with Gasteiger partial charge in [-0.1, -0.05) is 60.8 Å². The number of carbonyl (C=O) groups is 2. The van der Waals surface area contributed by atoms with Gasteiger partial charge in [0.05, 0.1) is 57.3 Å². The predicted molar refractivity (Wildman–Crippen MR) is 202 cm³/mol. The van der Waals surface area contributed by atoms with Crippen molar-refractivity contribution in [2.75, 3.05) is 13.2 Å². The first kappa shape index (κ1) is 44.5. The molecular formula is C27H35Cl9N3O5PS2. The minimum Gasteiger partial charge on any atom is -0.406 e. The summed E-state index contributed by atoms with van der Waals surface area (Å²) in [5, 5.41) is -2.62. The van der Waals surface area contributed by atoms with Crippen molar-refractivity contribution in [3.8, 4) is 5.88 Å². The van der Waals surface area contributed by atoms with Gasteiger partial charge in [0, 0.05) is 41.4 Å². The summed E-state index contributed by atoms with van der Waals surface area (Å²) in [6.45, 7) is 7.78. The summed E-state index contributed by atoms with van der Waals surface area (Å²) < 4.78 is 15.9. The molecule has 2 aliphatic carbocycles. The second-order valence-electron chi connectivity index (χ2n) is 10.6. The topological polar surface area (TPSA) is 90.8 Å². The first-order chi connectivity index (χ1) is 21.8. The molecule has 20 heteroatoms. The highest BCUT2D eigenvalue weighted by atomic mass is 35.6. The summed E-state index contributed by atoms with van der Waals surface area (Å²) in [5.74, 6) is 0.298. The number of hydrogen-bond donors (Lipinski definition) is 0. The molecule has 2 fully saturated rings. The number of aromatic nitrogens is 2. The lowest BCUT2D eigenvalue weighted by Gasteiger charge is -2.37. The summed E-state index contributed by atoms with van der Waals surface area (Å²) in [4.78, 5) is 32.5. The third kappa shape index (κ3) is 13.0. The predicted octanol–water partition coefficient (Wildman–Crippen LogP) is 10.1. The molecule has 3 aliphatic rings. The van der Waals surface area contributed by atoms with E-state index in [0.717, 1.165) is 15.8 Å². The zero-order valence-corrected chi connectivity index (χ0v) is 35.1. The van der Waals surface area contributed by atoms with E-state index in [1.807, 2.05) is 46.8 Å². The largest absolute Gasteiger partial charge is 0.406 e. The van der Waals surface area contributed by atoms with Gasteiger partial charge in [-0.2, -0.15) is 4.98 Å². The van der Waals surface area contributed by atoms with Crippen molar-refractivity contribution in [3.63, 3.8) is 0 Å². The fourth-order valence-electron chi connectivity index (χ4n) is 4.40. The Kier molecular flexibility index (Phi) is 18.9. The summed E-state index contributed by atoms with van der Waals surface area (Å²) in [5.41, 5.74) is 0.836. The van der Waals surface area contributed by atoms with Crippen LogP contribution in [0.5, 0.6) is 5.88 Å². The minimum absolute atomic E-state index is 0.222. The van der Waals surface area contributed by atoms with Crippen molar-refractivity contribution in [3.05, 3.63) is 29.7 Å². The van der Waals surface area contributed by atoms with Crippen molar-refractivity contribution < 1.29 is 23.2 Å². The summed E-state index contributed by atoms with van der Waals surface area (Å²) in [6, 6.07) is 1.74. The van der Waals surface area contributed by atoms with E-state index in [1.54, 1.807) is 6.07 Å². The fourth-order valence-corrected chi connectivity index (χ4v) is 10.0. The average Bonchev–Trinajstić information content (AvgIpc) is 3.22. The van der Waals surface area contributed by atoms with Crippen LogP contribution in [0, 0.1) is 18.8 Å². The standard InChI is InChI=1S/C12H21N2O3PS.C9H8Cl3NO2S.C6H6Cl6/c1-6-15-18(19,16-7-2)17-11-8-10(5)13-12(14-11)9(3)4;10-9(11,12)16-13-7(14)5-3-1-2-4-6(5)8(13)15;7-1-2(8)4(10)6(12)5(11)3(1)9/h8-9H,6-7H2,1-5H3;1-2,5-6H,3-4H2;1-6H. The lowest BCUT2D eigenvalue weighted by molar-refractivity contribution is -0.133. The summed E-state index contributed by atoms with van der Waals surface area (Å²) in [7, 11) is 0. The molecule has 1 aliphatic heterocycles. The van der Waals surface area contributed by atoms with Crippen molar-refractivity contribution in [1.29, 1.82) is 0 Å². The highest BCUT2D eigenvalue weighted by Crippen LogP contribution is 2.49. The zero-order valence-electron chi connectivity index (χ0n) is 25.8. The monoisotopic (exact) mass is 891 g/mol. The normalized spacial score (nSPS) is 29.1. The van der Waals surface area contributed by atoms with Crippen molar-refractivity contribution in [1.82, 2.24) is 14.3 Å². The minimum atomic E-state index is -2.77. The fraction of sp³-hybridized carbons (Fsp3) is 0.704. The van der Waals surface area contributed by atoms with Gasteiger partial charge in [-0.15, -0.1) is 69.6 Å². The smallest absolute Gasteiger partial charge is 0.381 e. The number of hydrogen-bond acceptors (Lipinski definition) is 9. The van der Waals surface area contributed by atoms with Crippen LogP contribution in [-0.4, -0.2) is 74.7 Å². The van der Waals surface area contributed by atoms with Crippen LogP contribution < -0.4 is 4.52 Å². The Morgan fingerprint density at radius 2 is 1.28 bits per heavy atom. The highest BCUT2D eigenvalue weighted by molar-refractivity contribution is 8.07. The number of fused-ring (bicyclic) bond motifs is 1. The Morgan fingerprint density at radius 1 is 0.872 bits per heavy atom. The van der Waals surface area contributed by atoms with E-state index in [1.165, 1.54) is 0 Å². The summed E-state index contributed by atoms with van der Waals surface area (Å²) in [6.07, 6.45) is 5.00.